The summed E-state index contributed by atoms with van der Waals surface area (Å²) in [5.74, 6) is 0.331. The van der Waals surface area contributed by atoms with Crippen molar-refractivity contribution in [2.75, 3.05) is 0 Å². The molecule has 0 radical (unpaired) electrons. The average molecular weight is 400 g/mol. The number of amides is 2. The number of carbonyl (C=O) groups excluding carboxylic acids is 2. The lowest BCUT2D eigenvalue weighted by Crippen LogP contribution is -2.24. The largest absolute Gasteiger partial charge is 0.440 e. The number of fused-ring (bicyclic) bond motifs is 2. The highest BCUT2D eigenvalue weighted by Gasteiger charge is 2.31. The van der Waals surface area contributed by atoms with Gasteiger partial charge in [-0.3, -0.25) is 10.1 Å². The van der Waals surface area contributed by atoms with Gasteiger partial charge in [0.25, 0.3) is 5.91 Å². The first-order valence-corrected chi connectivity index (χ1v) is 10.0. The lowest BCUT2D eigenvalue weighted by Gasteiger charge is -2.05. The molecule has 0 aliphatic carbocycles. The van der Waals surface area contributed by atoms with E-state index in [1.54, 1.807) is 0 Å². The van der Waals surface area contributed by atoms with Crippen molar-refractivity contribution in [3.8, 4) is 0 Å². The third kappa shape index (κ3) is 3.76. The van der Waals surface area contributed by atoms with Crippen LogP contribution in [0.25, 0.3) is 21.9 Å². The van der Waals surface area contributed by atoms with Crippen LogP contribution >= 0.6 is 0 Å². The van der Waals surface area contributed by atoms with E-state index in [1.807, 2.05) is 30.3 Å². The summed E-state index contributed by atoms with van der Waals surface area (Å²) in [5.41, 5.74) is 3.86. The van der Waals surface area contributed by atoms with Gasteiger partial charge in [0.1, 0.15) is 5.52 Å². The van der Waals surface area contributed by atoms with Crippen LogP contribution in [0.2, 0.25) is 0 Å². The van der Waals surface area contributed by atoms with Crippen molar-refractivity contribution in [1.29, 1.82) is 0 Å². The van der Waals surface area contributed by atoms with E-state index in [0.29, 0.717) is 18.7 Å². The molecule has 1 atom stereocenters. The van der Waals surface area contributed by atoms with Gasteiger partial charge in [0.05, 0.1) is 0 Å². The molecule has 3 aromatic carbocycles. The molecule has 0 bridgehead atoms. The number of benzene rings is 3. The lowest BCUT2D eigenvalue weighted by molar-refractivity contribution is -0.123. The first-order valence-electron chi connectivity index (χ1n) is 10.0. The van der Waals surface area contributed by atoms with Crippen molar-refractivity contribution in [2.45, 2.75) is 31.8 Å². The van der Waals surface area contributed by atoms with Gasteiger partial charge in [-0.1, -0.05) is 48.5 Å². The normalized spacial score (nSPS) is 16.2. The van der Waals surface area contributed by atoms with E-state index in [-0.39, 0.29) is 5.91 Å². The number of rotatable bonds is 6. The molecule has 5 rings (SSSR count). The highest BCUT2D eigenvalue weighted by Crippen LogP contribution is 2.22. The monoisotopic (exact) mass is 400 g/mol. The topological polar surface area (TPSA) is 81.4 Å². The van der Waals surface area contributed by atoms with Crippen molar-refractivity contribution in [3.63, 3.8) is 0 Å². The minimum absolute atomic E-state index is 0.356. The second-order valence-electron chi connectivity index (χ2n) is 7.54. The van der Waals surface area contributed by atoms with Crippen molar-refractivity contribution >= 4 is 33.9 Å². The molecule has 2 amide bonds. The summed E-state index contributed by atoms with van der Waals surface area (Å²) >= 11 is 0. The molecule has 1 aliphatic rings. The van der Waals surface area contributed by atoms with Crippen LogP contribution < -0.4 is 5.32 Å². The molecule has 1 fully saturated rings. The summed E-state index contributed by atoms with van der Waals surface area (Å²) in [4.78, 5) is 27.3. The van der Waals surface area contributed by atoms with E-state index in [9.17, 15) is 9.59 Å². The maximum Gasteiger partial charge on any atom is 0.414 e. The van der Waals surface area contributed by atoms with Crippen LogP contribution in [0.15, 0.2) is 65.1 Å². The molecule has 4 aromatic rings. The SMILES string of the molecule is O=C1NC(=O)C(CCCc2ccc3oc(Cc4ccc5ccccc5c4)nc3c2)O1. The number of hydrogen-bond donors (Lipinski definition) is 1. The number of oxazole rings is 1. The van der Waals surface area contributed by atoms with Crippen LogP contribution in [0.3, 0.4) is 0 Å². The summed E-state index contributed by atoms with van der Waals surface area (Å²) in [7, 11) is 0. The molecule has 2 heterocycles. The molecule has 1 aromatic heterocycles. The minimum atomic E-state index is -0.679. The quantitative estimate of drug-likeness (QED) is 0.514. The summed E-state index contributed by atoms with van der Waals surface area (Å²) in [6.07, 6.45) is 1.30. The Hall–Kier alpha value is -3.67. The molecule has 1 aliphatic heterocycles. The number of nitrogens with zero attached hydrogens (tertiary/aromatic N) is 1. The third-order valence-corrected chi connectivity index (χ3v) is 5.36. The highest BCUT2D eigenvalue weighted by molar-refractivity contribution is 5.99. The second kappa shape index (κ2) is 7.63. The number of cyclic esters (lactones) is 1. The molecule has 6 heteroatoms. The van der Waals surface area contributed by atoms with E-state index >= 15 is 0 Å². The molecule has 30 heavy (non-hydrogen) atoms. The number of aromatic nitrogens is 1. The molecule has 150 valence electrons. The van der Waals surface area contributed by atoms with Crippen molar-refractivity contribution in [3.05, 3.63) is 77.7 Å². The van der Waals surface area contributed by atoms with Crippen LogP contribution in [0, 0.1) is 0 Å². The number of aryl methyl sites for hydroxylation is 1. The predicted octanol–water partition coefficient (Wildman–Crippen LogP) is 4.53. The summed E-state index contributed by atoms with van der Waals surface area (Å²) in [6, 6.07) is 20.6. The van der Waals surface area contributed by atoms with Gasteiger partial charge in [0, 0.05) is 6.42 Å². The number of carbonyl (C=O) groups is 2. The molecule has 0 spiro atoms. The Morgan fingerprint density at radius 3 is 2.60 bits per heavy atom. The zero-order chi connectivity index (χ0) is 20.5. The number of hydrogen-bond acceptors (Lipinski definition) is 5. The van der Waals surface area contributed by atoms with Gasteiger partial charge >= 0.3 is 6.09 Å². The van der Waals surface area contributed by atoms with Crippen LogP contribution in [0.4, 0.5) is 4.79 Å². The molecule has 1 unspecified atom stereocenters. The Bertz CT molecular complexity index is 1260. The first kappa shape index (κ1) is 18.4. The summed E-state index contributed by atoms with van der Waals surface area (Å²) in [5, 5.41) is 4.57. The smallest absolute Gasteiger partial charge is 0.414 e. The van der Waals surface area contributed by atoms with Crippen molar-refractivity contribution < 1.29 is 18.7 Å². The Balaban J connectivity index is 1.26. The zero-order valence-electron chi connectivity index (χ0n) is 16.3. The van der Waals surface area contributed by atoms with E-state index in [4.69, 9.17) is 9.15 Å². The fourth-order valence-electron chi connectivity index (χ4n) is 3.85. The van der Waals surface area contributed by atoms with Gasteiger partial charge < -0.3 is 9.15 Å². The molecular formula is C24H20N2O4. The maximum atomic E-state index is 11.5. The van der Waals surface area contributed by atoms with Gasteiger partial charge in [-0.05, 0) is 53.3 Å². The Morgan fingerprint density at radius 1 is 0.933 bits per heavy atom. The van der Waals surface area contributed by atoms with Crippen LogP contribution in [-0.2, 0) is 22.4 Å². The van der Waals surface area contributed by atoms with E-state index in [0.717, 1.165) is 35.1 Å². The third-order valence-electron chi connectivity index (χ3n) is 5.36. The van der Waals surface area contributed by atoms with Gasteiger partial charge in [0.2, 0.25) is 0 Å². The van der Waals surface area contributed by atoms with E-state index < -0.39 is 12.2 Å². The fourth-order valence-corrected chi connectivity index (χ4v) is 3.85. The van der Waals surface area contributed by atoms with Gasteiger partial charge in [0.15, 0.2) is 17.6 Å². The molecular weight excluding hydrogens is 380 g/mol. The Morgan fingerprint density at radius 2 is 1.77 bits per heavy atom. The van der Waals surface area contributed by atoms with Crippen LogP contribution in [-0.4, -0.2) is 23.1 Å². The van der Waals surface area contributed by atoms with Gasteiger partial charge in [-0.15, -0.1) is 0 Å². The fraction of sp³-hybridized carbons (Fsp3) is 0.208. The Kier molecular flexibility index (Phi) is 4.67. The van der Waals surface area contributed by atoms with Gasteiger partial charge in [-0.2, -0.15) is 0 Å². The number of ether oxygens (including phenoxy) is 1. The lowest BCUT2D eigenvalue weighted by atomic mass is 10.1. The molecule has 0 saturated carbocycles. The summed E-state index contributed by atoms with van der Waals surface area (Å²) < 4.78 is 10.9. The molecule has 6 nitrogen and oxygen atoms in total. The first-order chi connectivity index (χ1) is 14.6. The summed E-state index contributed by atoms with van der Waals surface area (Å²) in [6.45, 7) is 0. The minimum Gasteiger partial charge on any atom is -0.440 e. The van der Waals surface area contributed by atoms with E-state index in [2.05, 4.69) is 40.6 Å². The second-order valence-corrected chi connectivity index (χ2v) is 7.54. The highest BCUT2D eigenvalue weighted by atomic mass is 16.6. The van der Waals surface area contributed by atoms with Crippen molar-refractivity contribution in [1.82, 2.24) is 10.3 Å². The van der Waals surface area contributed by atoms with E-state index in [1.165, 1.54) is 10.8 Å². The van der Waals surface area contributed by atoms with Crippen LogP contribution in [0.1, 0.15) is 29.9 Å². The van der Waals surface area contributed by atoms with Gasteiger partial charge in [-0.25, -0.2) is 9.78 Å². The molecule has 1 saturated heterocycles. The zero-order valence-corrected chi connectivity index (χ0v) is 16.3. The van der Waals surface area contributed by atoms with Crippen molar-refractivity contribution in [2.24, 2.45) is 0 Å². The predicted molar refractivity (Wildman–Crippen MR) is 112 cm³/mol. The van der Waals surface area contributed by atoms with Crippen LogP contribution in [0.5, 0.6) is 0 Å². The maximum absolute atomic E-state index is 11.5. The number of nitrogens with one attached hydrogen (secondary N) is 1. The Labute approximate surface area is 172 Å². The average Bonchev–Trinajstić information content (AvgIpc) is 3.29. The molecule has 1 N–H and O–H groups in total. The number of alkyl carbamates (subject to hydrolysis) is 1. The standard InChI is InChI=1S/C24H20N2O4/c27-23-21(30-24(28)26-23)7-3-4-15-9-11-20-19(13-15)25-22(29-20)14-16-8-10-17-5-1-2-6-18(17)12-16/h1-2,5-6,8-13,21H,3-4,7,14H2,(H,26,27,28). The number of imide groups is 1.